The van der Waals surface area contributed by atoms with Crippen LogP contribution in [-0.4, -0.2) is 39.4 Å². The van der Waals surface area contributed by atoms with Crippen LogP contribution in [0.2, 0.25) is 0 Å². The minimum absolute atomic E-state index is 0. The molecule has 0 N–H and O–H groups in total. The van der Waals surface area contributed by atoms with Crippen molar-refractivity contribution in [3.63, 3.8) is 0 Å². The number of ether oxygens (including phenoxy) is 1. The lowest BCUT2D eigenvalue weighted by atomic mass is 10.2. The molecule has 0 unspecified atom stereocenters. The first kappa shape index (κ1) is 34.6. The van der Waals surface area contributed by atoms with Crippen molar-refractivity contribution in [2.24, 2.45) is 34.6 Å². The number of aryl methyl sites for hydroxylation is 2. The van der Waals surface area contributed by atoms with Crippen molar-refractivity contribution in [1.29, 1.82) is 0 Å². The molecule has 0 radical (unpaired) electrons. The first-order valence-electron chi connectivity index (χ1n) is 13.0. The molecule has 0 aliphatic heterocycles. The second kappa shape index (κ2) is 18.1. The summed E-state index contributed by atoms with van der Waals surface area (Å²) in [5, 5.41) is 23.1. The summed E-state index contributed by atoms with van der Waals surface area (Å²) < 4.78 is 9.93. The zero-order valence-electron chi connectivity index (χ0n) is 23.7. The highest BCUT2D eigenvalue weighted by Gasteiger charge is 2.10. The standard InChI is InChI=1S/C28H36N8OS2.2BrH/c1-5-35(25-11-7-23(8-12-25)29-31-27-33(3)17-21-38-27)15-19-37-20-16-36(6-2)26-13-9-24(10-14-26)30-32-28-34(4)18-22-39-28;;/h7-14,17-18,21-22H,5-6,15-16,19-20H2,1-4H3;2*1H/q+2;;/p-2. The molecule has 0 amide bonds. The highest BCUT2D eigenvalue weighted by Crippen LogP contribution is 2.24. The van der Waals surface area contributed by atoms with E-state index in [9.17, 15) is 0 Å². The van der Waals surface area contributed by atoms with Gasteiger partial charge in [-0.3, -0.25) is 0 Å². The Kier molecular flexibility index (Phi) is 15.3. The number of thiazole rings is 2. The fraction of sp³-hybridized carbons (Fsp3) is 0.357. The van der Waals surface area contributed by atoms with Gasteiger partial charge in [-0.15, -0.1) is 0 Å². The molecular weight excluding hydrogens is 688 g/mol. The number of nitrogens with zero attached hydrogens (tertiary/aromatic N) is 8. The molecule has 0 atom stereocenters. The van der Waals surface area contributed by atoms with Gasteiger partial charge < -0.3 is 48.5 Å². The van der Waals surface area contributed by atoms with Crippen LogP contribution >= 0.6 is 22.7 Å². The molecule has 4 aromatic rings. The average molecular weight is 725 g/mol. The quantitative estimate of drug-likeness (QED) is 0.109. The van der Waals surface area contributed by atoms with Crippen molar-refractivity contribution in [1.82, 2.24) is 0 Å². The number of anilines is 2. The van der Waals surface area contributed by atoms with Gasteiger partial charge in [0.05, 0.1) is 37.5 Å². The van der Waals surface area contributed by atoms with Crippen molar-refractivity contribution < 1.29 is 47.8 Å². The molecule has 0 bridgehead atoms. The first-order chi connectivity index (χ1) is 19.1. The van der Waals surface area contributed by atoms with Crippen LogP contribution in [0.15, 0.2) is 92.1 Å². The van der Waals surface area contributed by atoms with E-state index < -0.39 is 0 Å². The summed E-state index contributed by atoms with van der Waals surface area (Å²) in [6, 6.07) is 16.4. The van der Waals surface area contributed by atoms with Gasteiger partial charge in [0.15, 0.2) is 0 Å². The van der Waals surface area contributed by atoms with Gasteiger partial charge in [-0.05, 0) is 95.3 Å². The molecule has 9 nitrogen and oxygen atoms in total. The molecule has 0 fully saturated rings. The molecule has 0 saturated carbocycles. The van der Waals surface area contributed by atoms with E-state index in [-0.39, 0.29) is 34.0 Å². The van der Waals surface area contributed by atoms with Crippen LogP contribution in [-0.2, 0) is 18.8 Å². The maximum absolute atomic E-state index is 6.02. The molecule has 41 heavy (non-hydrogen) atoms. The van der Waals surface area contributed by atoms with Crippen molar-refractivity contribution in [3.8, 4) is 0 Å². The van der Waals surface area contributed by atoms with Gasteiger partial charge in [-0.1, -0.05) is 0 Å². The zero-order chi connectivity index (χ0) is 27.5. The Balaban J connectivity index is 0.00000294. The van der Waals surface area contributed by atoms with Crippen molar-refractivity contribution >= 4 is 55.7 Å². The fourth-order valence-electron chi connectivity index (χ4n) is 3.90. The largest absolute Gasteiger partial charge is 1.00 e. The second-order valence-electron chi connectivity index (χ2n) is 8.80. The van der Waals surface area contributed by atoms with Gasteiger partial charge >= 0.3 is 10.3 Å². The highest BCUT2D eigenvalue weighted by atomic mass is 79.9. The number of hydrogen-bond acceptors (Lipinski definition) is 9. The van der Waals surface area contributed by atoms with Gasteiger partial charge in [0, 0.05) is 48.3 Å². The molecule has 2 aromatic heterocycles. The van der Waals surface area contributed by atoms with Crippen molar-refractivity contribution in [3.05, 3.63) is 71.7 Å². The van der Waals surface area contributed by atoms with Crippen LogP contribution in [0.25, 0.3) is 0 Å². The minimum Gasteiger partial charge on any atom is -1.00 e. The van der Waals surface area contributed by atoms with Crippen molar-refractivity contribution in [2.75, 3.05) is 49.2 Å². The molecule has 0 aliphatic rings. The Labute approximate surface area is 271 Å². The van der Waals surface area contributed by atoms with E-state index in [1.165, 1.54) is 0 Å². The smallest absolute Gasteiger partial charge is 0.408 e. The Morgan fingerprint density at radius 2 is 1.02 bits per heavy atom. The monoisotopic (exact) mass is 722 g/mol. The maximum Gasteiger partial charge on any atom is 0.408 e. The summed E-state index contributed by atoms with van der Waals surface area (Å²) in [6.07, 6.45) is 3.95. The lowest BCUT2D eigenvalue weighted by Gasteiger charge is -2.25. The van der Waals surface area contributed by atoms with Crippen LogP contribution in [0.5, 0.6) is 0 Å². The van der Waals surface area contributed by atoms with Gasteiger partial charge in [-0.25, -0.2) is 9.13 Å². The lowest BCUT2D eigenvalue weighted by molar-refractivity contribution is -0.654. The Hall–Kier alpha value is -2.58. The SMILES string of the molecule is CCN(CCOCCN(CC)c1ccc(N=Nc2scc[n+]2C)cc1)c1ccc(N=Nc2scc[n+]2C)cc1.[Br-].[Br-]. The third-order valence-electron chi connectivity index (χ3n) is 6.23. The average Bonchev–Trinajstić information content (AvgIpc) is 3.58. The molecule has 0 aliphatic carbocycles. The first-order valence-corrected chi connectivity index (χ1v) is 14.8. The van der Waals surface area contributed by atoms with E-state index in [4.69, 9.17) is 4.74 Å². The summed E-state index contributed by atoms with van der Waals surface area (Å²) in [5.41, 5.74) is 3.99. The Morgan fingerprint density at radius 1 is 0.634 bits per heavy atom. The van der Waals surface area contributed by atoms with Gasteiger partial charge in [0.25, 0.3) is 0 Å². The van der Waals surface area contributed by atoms with Crippen LogP contribution in [0.3, 0.4) is 0 Å². The molecular formula is C28H36Br2N8OS2. The molecule has 4 rings (SSSR count). The predicted octanol–water partition coefficient (Wildman–Crippen LogP) is 0.667. The zero-order valence-corrected chi connectivity index (χ0v) is 28.5. The van der Waals surface area contributed by atoms with E-state index in [1.54, 1.807) is 22.7 Å². The van der Waals surface area contributed by atoms with E-state index in [0.29, 0.717) is 13.2 Å². The van der Waals surface area contributed by atoms with E-state index >= 15 is 0 Å². The lowest BCUT2D eigenvalue weighted by Crippen LogP contribution is -3.00. The van der Waals surface area contributed by atoms with Gasteiger partial charge in [-0.2, -0.15) is 0 Å². The molecule has 0 saturated heterocycles. The van der Waals surface area contributed by atoms with Gasteiger partial charge in [0.2, 0.25) is 0 Å². The van der Waals surface area contributed by atoms with Crippen LogP contribution in [0, 0.1) is 0 Å². The van der Waals surface area contributed by atoms with E-state index in [0.717, 1.165) is 59.2 Å². The summed E-state index contributed by atoms with van der Waals surface area (Å²) >= 11 is 3.13. The number of rotatable bonds is 14. The molecule has 2 aromatic carbocycles. The number of benzene rings is 2. The van der Waals surface area contributed by atoms with E-state index in [1.807, 2.05) is 70.6 Å². The molecule has 2 heterocycles. The highest BCUT2D eigenvalue weighted by molar-refractivity contribution is 7.13. The van der Waals surface area contributed by atoms with Gasteiger partial charge in [0.1, 0.15) is 23.8 Å². The summed E-state index contributed by atoms with van der Waals surface area (Å²) in [5.74, 6) is 0. The number of azo groups is 2. The number of halogens is 2. The minimum atomic E-state index is 0. The third-order valence-corrected chi connectivity index (χ3v) is 7.90. The maximum atomic E-state index is 6.02. The molecule has 0 spiro atoms. The van der Waals surface area contributed by atoms with Crippen LogP contribution < -0.4 is 52.9 Å². The molecule has 220 valence electrons. The second-order valence-corrected chi connectivity index (χ2v) is 10.5. The molecule has 13 heteroatoms. The number of aromatic nitrogens is 2. The Morgan fingerprint density at radius 3 is 1.34 bits per heavy atom. The van der Waals surface area contributed by atoms with Crippen molar-refractivity contribution in [2.45, 2.75) is 13.8 Å². The topological polar surface area (TPSA) is 72.9 Å². The Bertz CT molecular complexity index is 1260. The number of hydrogen-bond donors (Lipinski definition) is 0. The summed E-state index contributed by atoms with van der Waals surface area (Å²) in [4.78, 5) is 4.61. The van der Waals surface area contributed by atoms with E-state index in [2.05, 4.69) is 68.4 Å². The van der Waals surface area contributed by atoms with Crippen LogP contribution in [0.4, 0.5) is 33.0 Å². The predicted molar refractivity (Wildman–Crippen MR) is 159 cm³/mol. The summed E-state index contributed by atoms with van der Waals surface area (Å²) in [6.45, 7) is 9.13. The number of likely N-dealkylation sites (N-methyl/N-ethyl adjacent to an activating group) is 2. The van der Waals surface area contributed by atoms with Crippen LogP contribution in [0.1, 0.15) is 13.8 Å². The normalized spacial score (nSPS) is 11.0. The fourth-order valence-corrected chi connectivity index (χ4v) is 5.26. The third kappa shape index (κ3) is 10.3. The summed E-state index contributed by atoms with van der Waals surface area (Å²) in [7, 11) is 3.93.